The summed E-state index contributed by atoms with van der Waals surface area (Å²) in [5.41, 5.74) is 5.37. The quantitative estimate of drug-likeness (QED) is 0.597. The van der Waals surface area contributed by atoms with E-state index >= 15 is 0 Å². The van der Waals surface area contributed by atoms with Gasteiger partial charge in [0.1, 0.15) is 0 Å². The Morgan fingerprint density at radius 1 is 1.07 bits per heavy atom. The number of thioether (sulfide) groups is 1. The molecule has 1 unspecified atom stereocenters. The van der Waals surface area contributed by atoms with Crippen LogP contribution >= 0.6 is 39.7 Å². The van der Waals surface area contributed by atoms with E-state index in [4.69, 9.17) is 27.9 Å². The average molecular weight is 317 g/mol. The molecular formula is C10H11Cl3STi. The molecule has 0 aromatic heterocycles. The molecule has 1 atom stereocenters. The maximum absolute atomic E-state index is 6.10. The van der Waals surface area contributed by atoms with Crippen LogP contribution in [-0.2, 0) is 13.4 Å². The topological polar surface area (TPSA) is 0 Å². The van der Waals surface area contributed by atoms with E-state index in [2.05, 4.69) is 26.8 Å². The molecule has 2 rings (SSSR count). The summed E-state index contributed by atoms with van der Waals surface area (Å²) in [5.74, 6) is 0. The van der Waals surface area contributed by atoms with Gasteiger partial charge < -0.3 is 0 Å². The Bertz CT molecular complexity index is 415. The van der Waals surface area contributed by atoms with E-state index in [1.54, 1.807) is 11.8 Å². The zero-order valence-corrected chi connectivity index (χ0v) is 13.3. The van der Waals surface area contributed by atoms with E-state index in [0.29, 0.717) is 0 Å². The van der Waals surface area contributed by atoms with Gasteiger partial charge in [-0.05, 0) is 0 Å². The van der Waals surface area contributed by atoms with Gasteiger partial charge in [-0.25, -0.2) is 0 Å². The molecule has 0 bridgehead atoms. The summed E-state index contributed by atoms with van der Waals surface area (Å²) in [6.07, 6.45) is 2.16. The van der Waals surface area contributed by atoms with Gasteiger partial charge in [-0.2, -0.15) is 0 Å². The molecule has 0 nitrogen and oxygen atoms in total. The van der Waals surface area contributed by atoms with E-state index in [-0.39, 0.29) is 3.55 Å². The van der Waals surface area contributed by atoms with Gasteiger partial charge in [0.15, 0.2) is 0 Å². The second kappa shape index (κ2) is 4.12. The monoisotopic (exact) mass is 316 g/mol. The molecule has 15 heavy (non-hydrogen) atoms. The number of hydrogen-bond acceptors (Lipinski definition) is 1. The third-order valence-corrected chi connectivity index (χ3v) is 11.9. The predicted molar refractivity (Wildman–Crippen MR) is 68.1 cm³/mol. The molecular weight excluding hydrogens is 306 g/mol. The third kappa shape index (κ3) is 2.12. The fraction of sp³-hybridized carbons (Fsp3) is 0.400. The zero-order valence-electron chi connectivity index (χ0n) is 8.70. The number of allylic oxidation sites excluding steroid dienone is 4. The van der Waals surface area contributed by atoms with Crippen LogP contribution in [0.2, 0.25) is 0 Å². The van der Waals surface area contributed by atoms with Crippen molar-refractivity contribution in [3.05, 3.63) is 33.3 Å². The number of halogens is 3. The molecule has 2 aliphatic rings. The SMILES string of the molecule is CC1=C(C)C(C)=C2S[CH]([Ti]([Cl])([Cl])[Cl])C=C12. The molecule has 0 aromatic rings. The fourth-order valence-corrected chi connectivity index (χ4v) is 7.29. The normalized spacial score (nSPS) is 26.3. The van der Waals surface area contributed by atoms with Crippen molar-refractivity contribution in [2.75, 3.05) is 0 Å². The van der Waals surface area contributed by atoms with Crippen molar-refractivity contribution < 1.29 is 13.4 Å². The maximum atomic E-state index is 6.10. The van der Waals surface area contributed by atoms with Crippen molar-refractivity contribution in [1.29, 1.82) is 0 Å². The molecule has 0 N–H and O–H groups in total. The molecule has 0 aromatic carbocycles. The molecule has 82 valence electrons. The first-order valence-electron chi connectivity index (χ1n) is 4.67. The van der Waals surface area contributed by atoms with Crippen LogP contribution in [0.1, 0.15) is 20.8 Å². The van der Waals surface area contributed by atoms with Crippen LogP contribution in [0.5, 0.6) is 0 Å². The first kappa shape index (κ1) is 12.6. The van der Waals surface area contributed by atoms with Crippen LogP contribution in [0.15, 0.2) is 33.3 Å². The predicted octanol–water partition coefficient (Wildman–Crippen LogP) is 5.23. The van der Waals surface area contributed by atoms with Crippen molar-refractivity contribution in [1.82, 2.24) is 0 Å². The van der Waals surface area contributed by atoms with Crippen molar-refractivity contribution in [3.8, 4) is 0 Å². The Hall–Kier alpha value is 1.15. The van der Waals surface area contributed by atoms with E-state index in [1.807, 2.05) is 0 Å². The Morgan fingerprint density at radius 3 is 2.13 bits per heavy atom. The Kier molecular flexibility index (Phi) is 3.46. The summed E-state index contributed by atoms with van der Waals surface area (Å²) >= 11 is -1.38. The van der Waals surface area contributed by atoms with Crippen LogP contribution in [0.4, 0.5) is 0 Å². The number of hydrogen-bond donors (Lipinski definition) is 0. The summed E-state index contributed by atoms with van der Waals surface area (Å²) in [6, 6.07) is 0. The summed E-state index contributed by atoms with van der Waals surface area (Å²) < 4.78 is 0.123. The van der Waals surface area contributed by atoms with Crippen LogP contribution in [0.3, 0.4) is 0 Å². The molecule has 1 aliphatic heterocycles. The Balaban J connectivity index is 2.41. The fourth-order valence-electron chi connectivity index (χ4n) is 1.85. The minimum atomic E-state index is -3.12. The van der Waals surface area contributed by atoms with Crippen molar-refractivity contribution in [3.63, 3.8) is 0 Å². The average Bonchev–Trinajstić information content (AvgIpc) is 2.63. The van der Waals surface area contributed by atoms with E-state index in [1.165, 1.54) is 27.2 Å². The molecule has 0 saturated heterocycles. The van der Waals surface area contributed by atoms with Crippen LogP contribution in [0, 0.1) is 0 Å². The summed E-state index contributed by atoms with van der Waals surface area (Å²) in [4.78, 5) is 1.33. The molecule has 1 aliphatic carbocycles. The third-order valence-electron chi connectivity index (χ3n) is 3.00. The molecule has 0 spiro atoms. The summed E-state index contributed by atoms with van der Waals surface area (Å²) in [5, 5.41) is 0. The van der Waals surface area contributed by atoms with Gasteiger partial charge in [-0.3, -0.25) is 0 Å². The van der Waals surface area contributed by atoms with Crippen LogP contribution in [0.25, 0.3) is 0 Å². The van der Waals surface area contributed by atoms with Gasteiger partial charge in [0.2, 0.25) is 0 Å². The van der Waals surface area contributed by atoms with Gasteiger partial charge >= 0.3 is 111 Å². The van der Waals surface area contributed by atoms with E-state index in [0.717, 1.165) is 0 Å². The Morgan fingerprint density at radius 2 is 1.67 bits per heavy atom. The molecule has 5 heteroatoms. The van der Waals surface area contributed by atoms with Crippen molar-refractivity contribution in [2.24, 2.45) is 0 Å². The zero-order chi connectivity index (χ0) is 11.4. The van der Waals surface area contributed by atoms with Gasteiger partial charge in [-0.15, -0.1) is 0 Å². The van der Waals surface area contributed by atoms with Gasteiger partial charge in [0, 0.05) is 0 Å². The molecule has 0 saturated carbocycles. The van der Waals surface area contributed by atoms with E-state index < -0.39 is 13.4 Å². The first-order valence-corrected chi connectivity index (χ1v) is 12.9. The molecule has 0 amide bonds. The van der Waals surface area contributed by atoms with Gasteiger partial charge in [-0.1, -0.05) is 0 Å². The van der Waals surface area contributed by atoms with Crippen LogP contribution in [-0.4, -0.2) is 3.55 Å². The summed E-state index contributed by atoms with van der Waals surface area (Å²) in [6.45, 7) is 6.45. The van der Waals surface area contributed by atoms with Crippen molar-refractivity contribution >= 4 is 39.7 Å². The molecule has 0 radical (unpaired) electrons. The minimum absolute atomic E-state index is 0.123. The summed E-state index contributed by atoms with van der Waals surface area (Å²) in [7, 11) is 18.3. The second-order valence-corrected chi connectivity index (χ2v) is 18.1. The van der Waals surface area contributed by atoms with Crippen molar-refractivity contribution in [2.45, 2.75) is 24.3 Å². The van der Waals surface area contributed by atoms with Gasteiger partial charge in [0.25, 0.3) is 0 Å². The Labute approximate surface area is 110 Å². The second-order valence-electron chi connectivity index (χ2n) is 3.86. The first-order chi connectivity index (χ1) is 6.82. The number of fused-ring (bicyclic) bond motifs is 1. The standard InChI is InChI=1S/C10H11S.3ClH.Ti/c1-6-7(2)9-4-5-11-10(9)8(6)3;;;;/h4-5H,1-3H3;3*1H;/q;;;;+3/p-3. The number of rotatable bonds is 1. The van der Waals surface area contributed by atoms with Crippen LogP contribution < -0.4 is 0 Å². The van der Waals surface area contributed by atoms with Gasteiger partial charge in [0.05, 0.1) is 0 Å². The molecule has 0 fully saturated rings. The molecule has 1 heterocycles. The van der Waals surface area contributed by atoms with E-state index in [9.17, 15) is 0 Å².